The second-order valence-electron chi connectivity index (χ2n) is 5.28. The fraction of sp³-hybridized carbons (Fsp3) is 0.636. The van der Waals surface area contributed by atoms with E-state index in [4.69, 9.17) is 24.8 Å². The van der Waals surface area contributed by atoms with Crippen molar-refractivity contribution in [2.45, 2.75) is 31.7 Å². The van der Waals surface area contributed by atoms with Crippen molar-refractivity contribution in [3.63, 3.8) is 0 Å². The van der Waals surface area contributed by atoms with Crippen LogP contribution in [0.15, 0.2) is 20.9 Å². The highest BCUT2D eigenvalue weighted by Crippen LogP contribution is 2.35. The summed E-state index contributed by atoms with van der Waals surface area (Å²) in [6.07, 6.45) is -0.890. The molecule has 0 aliphatic carbocycles. The minimum atomic E-state index is -4.33. The van der Waals surface area contributed by atoms with Crippen LogP contribution in [0.4, 0.5) is 0 Å². The summed E-state index contributed by atoms with van der Waals surface area (Å²) in [7, 11) is -4.33. The summed E-state index contributed by atoms with van der Waals surface area (Å²) >= 11 is 0. The Hall–Kier alpha value is -1.94. The maximum atomic E-state index is 11.9. The highest BCUT2D eigenvalue weighted by molar-refractivity contribution is 7.51. The van der Waals surface area contributed by atoms with Gasteiger partial charge in [-0.3, -0.25) is 18.9 Å². The molecular formula is C11H16N5O7P. The first-order chi connectivity index (χ1) is 11.2. The highest BCUT2D eigenvalue weighted by atomic mass is 31.2. The molecular weight excluding hydrogens is 345 g/mol. The van der Waals surface area contributed by atoms with Gasteiger partial charge in [0.2, 0.25) is 0 Å². The highest BCUT2D eigenvalue weighted by Gasteiger charge is 2.36. The SMILES string of the molecule is Cc1cn([C@H]2CC(N=[N+]=[N-])[C@@H](COCP(=O)(O)O)O2)c(=O)[nH]c1=O. The van der Waals surface area contributed by atoms with Gasteiger partial charge in [0.1, 0.15) is 12.6 Å². The number of rotatable bonds is 6. The Balaban J connectivity index is 2.16. The van der Waals surface area contributed by atoms with E-state index >= 15 is 0 Å². The molecule has 12 nitrogen and oxygen atoms in total. The van der Waals surface area contributed by atoms with E-state index in [0.717, 1.165) is 0 Å². The van der Waals surface area contributed by atoms with Crippen molar-refractivity contribution in [3.8, 4) is 0 Å². The molecule has 0 saturated carbocycles. The third kappa shape index (κ3) is 4.54. The van der Waals surface area contributed by atoms with Crippen LogP contribution < -0.4 is 11.2 Å². The zero-order valence-corrected chi connectivity index (χ0v) is 13.5. The summed E-state index contributed by atoms with van der Waals surface area (Å²) in [5.41, 5.74) is 7.73. The molecule has 3 atom stereocenters. The van der Waals surface area contributed by atoms with Crippen LogP contribution in [0.3, 0.4) is 0 Å². The van der Waals surface area contributed by atoms with Gasteiger partial charge in [-0.05, 0) is 12.5 Å². The Bertz CT molecular complexity index is 808. The molecule has 0 spiro atoms. The molecule has 1 unspecified atom stereocenters. The van der Waals surface area contributed by atoms with Crippen LogP contribution in [0.2, 0.25) is 0 Å². The van der Waals surface area contributed by atoms with Crippen LogP contribution in [-0.2, 0) is 14.0 Å². The van der Waals surface area contributed by atoms with E-state index in [-0.39, 0.29) is 13.0 Å². The Kier molecular flexibility index (Phi) is 5.60. The van der Waals surface area contributed by atoms with E-state index in [1.54, 1.807) is 0 Å². The van der Waals surface area contributed by atoms with E-state index in [2.05, 4.69) is 15.0 Å². The smallest absolute Gasteiger partial charge is 0.350 e. The van der Waals surface area contributed by atoms with Gasteiger partial charge < -0.3 is 19.3 Å². The molecule has 1 aliphatic rings. The van der Waals surface area contributed by atoms with Crippen molar-refractivity contribution >= 4 is 7.60 Å². The second kappa shape index (κ2) is 7.31. The number of hydrogen-bond acceptors (Lipinski definition) is 6. The Morgan fingerprint density at radius 2 is 2.29 bits per heavy atom. The molecule has 24 heavy (non-hydrogen) atoms. The summed E-state index contributed by atoms with van der Waals surface area (Å²) in [5, 5.41) is 3.56. The maximum Gasteiger partial charge on any atom is 0.350 e. The fourth-order valence-electron chi connectivity index (χ4n) is 2.31. The Morgan fingerprint density at radius 3 is 2.92 bits per heavy atom. The van der Waals surface area contributed by atoms with Gasteiger partial charge in [-0.15, -0.1) is 0 Å². The summed E-state index contributed by atoms with van der Waals surface area (Å²) in [6, 6.07) is -0.684. The summed E-state index contributed by atoms with van der Waals surface area (Å²) < 4.78 is 22.4. The average Bonchev–Trinajstić information content (AvgIpc) is 2.85. The average molecular weight is 361 g/mol. The predicted molar refractivity (Wildman–Crippen MR) is 80.4 cm³/mol. The van der Waals surface area contributed by atoms with E-state index < -0.39 is 43.6 Å². The largest absolute Gasteiger partial charge is 0.366 e. The number of H-pyrrole nitrogens is 1. The van der Waals surface area contributed by atoms with E-state index in [1.165, 1.54) is 17.7 Å². The van der Waals surface area contributed by atoms with Crippen LogP contribution in [-0.4, -0.2) is 44.4 Å². The van der Waals surface area contributed by atoms with Crippen molar-refractivity contribution in [2.75, 3.05) is 13.0 Å². The lowest BCUT2D eigenvalue weighted by Gasteiger charge is -2.17. The lowest BCUT2D eigenvalue weighted by Crippen LogP contribution is -2.33. The number of nitrogens with one attached hydrogen (secondary N) is 1. The van der Waals surface area contributed by atoms with Gasteiger partial charge in [-0.25, -0.2) is 4.79 Å². The van der Waals surface area contributed by atoms with Gasteiger partial charge in [-0.2, -0.15) is 0 Å². The number of aromatic nitrogens is 2. The molecule has 2 rings (SSSR count). The van der Waals surface area contributed by atoms with Crippen LogP contribution >= 0.6 is 7.60 Å². The summed E-state index contributed by atoms with van der Waals surface area (Å²) in [4.78, 5) is 45.7. The molecule has 0 radical (unpaired) electrons. The molecule has 0 amide bonds. The quantitative estimate of drug-likeness (QED) is 0.275. The molecule has 0 bridgehead atoms. The van der Waals surface area contributed by atoms with Crippen LogP contribution in [0, 0.1) is 6.92 Å². The number of ether oxygens (including phenoxy) is 2. The van der Waals surface area contributed by atoms with Gasteiger partial charge in [0.25, 0.3) is 5.56 Å². The zero-order valence-electron chi connectivity index (χ0n) is 12.6. The topological polar surface area (TPSA) is 180 Å². The Labute approximate surface area is 134 Å². The third-order valence-corrected chi connectivity index (χ3v) is 3.92. The lowest BCUT2D eigenvalue weighted by atomic mass is 10.1. The van der Waals surface area contributed by atoms with Gasteiger partial charge in [0.05, 0.1) is 18.8 Å². The van der Waals surface area contributed by atoms with E-state index in [9.17, 15) is 14.2 Å². The molecule has 1 saturated heterocycles. The monoisotopic (exact) mass is 361 g/mol. The number of aryl methyl sites for hydroxylation is 1. The van der Waals surface area contributed by atoms with Crippen LogP contribution in [0.1, 0.15) is 18.2 Å². The minimum absolute atomic E-state index is 0.152. The van der Waals surface area contributed by atoms with E-state index in [0.29, 0.717) is 5.56 Å². The van der Waals surface area contributed by atoms with Gasteiger partial charge in [-0.1, -0.05) is 5.11 Å². The van der Waals surface area contributed by atoms with Crippen molar-refractivity contribution < 1.29 is 23.8 Å². The molecule has 2 heterocycles. The molecule has 1 aliphatic heterocycles. The van der Waals surface area contributed by atoms with E-state index in [1.807, 2.05) is 0 Å². The summed E-state index contributed by atoms with van der Waals surface area (Å²) in [6.45, 7) is 1.30. The molecule has 13 heteroatoms. The van der Waals surface area contributed by atoms with Crippen molar-refractivity contribution in [1.29, 1.82) is 0 Å². The van der Waals surface area contributed by atoms with Gasteiger partial charge in [0, 0.05) is 23.1 Å². The number of azide groups is 1. The standard InChI is InChI=1S/C11H16N5O7P/c1-6-3-16(11(18)13-10(6)17)9-2-7(14-15-12)8(23-9)4-22-5-24(19,20)21/h3,7-9H,2,4-5H2,1H3,(H,13,17,18)(H2,19,20,21)/t7?,8-,9-/m1/s1. The number of aromatic amines is 1. The number of nitrogens with zero attached hydrogens (tertiary/aromatic N) is 4. The molecule has 3 N–H and O–H groups in total. The molecule has 0 aromatic carbocycles. The van der Waals surface area contributed by atoms with Gasteiger partial charge >= 0.3 is 13.3 Å². The molecule has 1 fully saturated rings. The second-order valence-corrected chi connectivity index (χ2v) is 6.87. The third-order valence-electron chi connectivity index (χ3n) is 3.40. The molecule has 1 aromatic rings. The first-order valence-electron chi connectivity index (χ1n) is 6.85. The maximum absolute atomic E-state index is 11.9. The number of hydrogen-bond donors (Lipinski definition) is 3. The van der Waals surface area contributed by atoms with Crippen LogP contribution in [0.5, 0.6) is 0 Å². The molecule has 132 valence electrons. The van der Waals surface area contributed by atoms with Crippen molar-refractivity contribution in [3.05, 3.63) is 43.0 Å². The van der Waals surface area contributed by atoms with Crippen molar-refractivity contribution in [2.24, 2.45) is 5.11 Å². The lowest BCUT2D eigenvalue weighted by molar-refractivity contribution is -0.0403. The zero-order chi connectivity index (χ0) is 17.9. The molecule has 1 aromatic heterocycles. The normalized spacial score (nSPS) is 23.9. The first kappa shape index (κ1) is 18.4. The summed E-state index contributed by atoms with van der Waals surface area (Å²) in [5.74, 6) is 0. The Morgan fingerprint density at radius 1 is 1.58 bits per heavy atom. The predicted octanol–water partition coefficient (Wildman–Crippen LogP) is -0.0368. The fourth-order valence-corrected chi connectivity index (χ4v) is 2.65. The van der Waals surface area contributed by atoms with Crippen molar-refractivity contribution in [1.82, 2.24) is 9.55 Å². The minimum Gasteiger partial charge on any atom is -0.366 e. The van der Waals surface area contributed by atoms with Gasteiger partial charge in [0.15, 0.2) is 0 Å². The van der Waals surface area contributed by atoms with Crippen LogP contribution in [0.25, 0.3) is 10.4 Å². The first-order valence-corrected chi connectivity index (χ1v) is 8.65.